The molecule has 0 spiro atoms. The minimum atomic E-state index is -8.36. The molecule has 0 saturated heterocycles. The Kier molecular flexibility index (Phi) is 10.8. The summed E-state index contributed by atoms with van der Waals surface area (Å²) in [6, 6.07) is 0. The first kappa shape index (κ1) is 35.1. The van der Waals surface area contributed by atoms with Crippen molar-refractivity contribution in [1.29, 1.82) is 0 Å². The molecule has 0 aliphatic heterocycles. The van der Waals surface area contributed by atoms with E-state index in [0.29, 0.717) is 0 Å². The molecule has 0 aromatic rings. The van der Waals surface area contributed by atoms with Crippen molar-refractivity contribution in [2.75, 3.05) is 26.2 Å². The van der Waals surface area contributed by atoms with E-state index < -0.39 is 51.4 Å². The van der Waals surface area contributed by atoms with Crippen molar-refractivity contribution in [3.63, 3.8) is 0 Å². The lowest BCUT2D eigenvalue weighted by molar-refractivity contribution is -0.921. The zero-order chi connectivity index (χ0) is 28.4. The van der Waals surface area contributed by atoms with Crippen molar-refractivity contribution < 1.29 is 78.9 Å². The second-order valence-corrected chi connectivity index (χ2v) is 8.23. The molecule has 0 radical (unpaired) electrons. The van der Waals surface area contributed by atoms with Crippen LogP contribution in [0.5, 0.6) is 0 Å². The minimum absolute atomic E-state index is 1.28. The Hall–Kier alpha value is -1.11. The highest BCUT2D eigenvalue weighted by molar-refractivity contribution is 7.86. The number of alkyl halides is 14. The Bertz CT molecular complexity index is 745. The van der Waals surface area contributed by atoms with Crippen LogP contribution in [0.3, 0.4) is 0 Å². The molecule has 0 N–H and O–H groups in total. The highest BCUT2D eigenvalue weighted by Gasteiger charge is 2.91. The molecule has 0 heterocycles. The first-order valence-corrected chi connectivity index (χ1v) is 10.5. The van der Waals surface area contributed by atoms with Gasteiger partial charge < -0.3 is 9.04 Å². The Morgan fingerprint density at radius 3 is 1.06 bits per heavy atom. The van der Waals surface area contributed by atoms with Crippen molar-refractivity contribution >= 4 is 10.1 Å². The predicted molar refractivity (Wildman–Crippen MR) is 87.8 cm³/mol. The highest BCUT2D eigenvalue weighted by Crippen LogP contribution is 2.61. The summed E-state index contributed by atoms with van der Waals surface area (Å²) in [6.45, 7) is 14.2. The fourth-order valence-corrected chi connectivity index (χ4v) is 2.96. The second-order valence-electron chi connectivity index (χ2n) is 6.83. The zero-order valence-electron chi connectivity index (χ0n) is 17.8. The van der Waals surface area contributed by atoms with E-state index in [-0.39, 0.29) is 0 Å². The maximum absolute atomic E-state index is 12.9. The number of halogens is 14. The lowest BCUT2D eigenvalue weighted by atomic mass is 9.94. The third kappa shape index (κ3) is 5.99. The number of quaternary nitrogens is 1. The van der Waals surface area contributed by atoms with E-state index in [1.807, 2.05) is 0 Å². The molecule has 0 amide bonds. The van der Waals surface area contributed by atoms with Crippen LogP contribution in [0.2, 0.25) is 0 Å². The molecule has 0 aromatic carbocycles. The molecule has 0 aliphatic rings. The average molecular weight is 561 g/mol. The standard InChI is InChI=1S/C8H20N.C7H2F14O3S/c1-5-9(6-2,7-3)8-4;8-1(25(22,23)24)2(9,10)3(11,12)4(13,14)5(15,16)6(17,18)7(19,20)21/h5-8H2,1-4H3;1H,(H,22,23,24)/q+1;/p-1. The number of nitrogens with zero attached hydrogens (tertiary/aromatic N) is 1. The van der Waals surface area contributed by atoms with Gasteiger partial charge in [0.2, 0.25) is 0 Å². The van der Waals surface area contributed by atoms with Gasteiger partial charge in [-0.1, -0.05) is 0 Å². The molecule has 1 unspecified atom stereocenters. The van der Waals surface area contributed by atoms with Gasteiger partial charge in [0, 0.05) is 0 Å². The van der Waals surface area contributed by atoms with Crippen LogP contribution in [0.1, 0.15) is 27.7 Å². The predicted octanol–water partition coefficient (Wildman–Crippen LogP) is 5.45. The fourth-order valence-electron chi connectivity index (χ4n) is 2.45. The monoisotopic (exact) mass is 561 g/mol. The number of hydrogen-bond donors (Lipinski definition) is 0. The van der Waals surface area contributed by atoms with Gasteiger partial charge in [-0.3, -0.25) is 0 Å². The Morgan fingerprint density at radius 1 is 0.618 bits per heavy atom. The lowest BCUT2D eigenvalue weighted by Gasteiger charge is -2.40. The zero-order valence-corrected chi connectivity index (χ0v) is 18.6. The molecule has 0 fully saturated rings. The molecular formula is C15H21F14NO3S. The van der Waals surface area contributed by atoms with Gasteiger partial charge >= 0.3 is 35.8 Å². The molecular weight excluding hydrogens is 540 g/mol. The maximum Gasteiger partial charge on any atom is 0.460 e. The summed E-state index contributed by atoms with van der Waals surface area (Å²) in [6.07, 6.45) is -7.66. The largest absolute Gasteiger partial charge is 0.746 e. The molecule has 0 rings (SSSR count). The Balaban J connectivity index is 0. The fraction of sp³-hybridized carbons (Fsp3) is 1.00. The molecule has 4 nitrogen and oxygen atoms in total. The van der Waals surface area contributed by atoms with Crippen LogP contribution in [0.15, 0.2) is 0 Å². The van der Waals surface area contributed by atoms with Gasteiger partial charge in [0.1, 0.15) is 10.1 Å². The molecule has 0 aliphatic carbocycles. The molecule has 0 bridgehead atoms. The summed E-state index contributed by atoms with van der Waals surface area (Å²) in [5.74, 6) is -40.5. The minimum Gasteiger partial charge on any atom is -0.746 e. The maximum atomic E-state index is 12.9. The van der Waals surface area contributed by atoms with Gasteiger partial charge in [-0.2, -0.15) is 57.1 Å². The third-order valence-electron chi connectivity index (χ3n) is 5.18. The number of hydrogen-bond acceptors (Lipinski definition) is 3. The summed E-state index contributed by atoms with van der Waals surface area (Å²) in [4.78, 5) is 0. The van der Waals surface area contributed by atoms with E-state index in [2.05, 4.69) is 27.7 Å². The van der Waals surface area contributed by atoms with Gasteiger partial charge in [0.15, 0.2) is 0 Å². The first-order chi connectivity index (χ1) is 14.6. The van der Waals surface area contributed by atoms with Crippen molar-refractivity contribution in [2.24, 2.45) is 0 Å². The topological polar surface area (TPSA) is 57.2 Å². The number of rotatable bonds is 10. The summed E-state index contributed by atoms with van der Waals surface area (Å²) in [5, 5.41) is 0. The molecule has 34 heavy (non-hydrogen) atoms. The van der Waals surface area contributed by atoms with Gasteiger partial charge in [0.25, 0.3) is 5.50 Å². The van der Waals surface area contributed by atoms with E-state index in [9.17, 15) is 74.4 Å². The van der Waals surface area contributed by atoms with Crippen LogP contribution < -0.4 is 0 Å². The molecule has 0 saturated carbocycles. The van der Waals surface area contributed by atoms with Crippen LogP contribution in [-0.2, 0) is 10.1 Å². The van der Waals surface area contributed by atoms with E-state index in [1.165, 1.54) is 30.7 Å². The van der Waals surface area contributed by atoms with Gasteiger partial charge in [-0.25, -0.2) is 12.8 Å². The van der Waals surface area contributed by atoms with Gasteiger partial charge in [-0.05, 0) is 27.7 Å². The normalized spacial score (nSPS) is 16.1. The first-order valence-electron chi connectivity index (χ1n) is 9.04. The van der Waals surface area contributed by atoms with Crippen molar-refractivity contribution in [1.82, 2.24) is 0 Å². The van der Waals surface area contributed by atoms with Crippen LogP contribution in [0, 0.1) is 0 Å². The van der Waals surface area contributed by atoms with Crippen LogP contribution >= 0.6 is 0 Å². The Labute approximate surface area is 185 Å². The quantitative estimate of drug-likeness (QED) is 0.203. The van der Waals surface area contributed by atoms with Crippen LogP contribution in [0.4, 0.5) is 61.5 Å². The van der Waals surface area contributed by atoms with Crippen molar-refractivity contribution in [3.8, 4) is 0 Å². The van der Waals surface area contributed by atoms with E-state index in [1.54, 1.807) is 0 Å². The molecule has 0 aromatic heterocycles. The SMILES string of the molecule is CC[N+](CC)(CC)CC.O=S(=O)([O-])C(F)C(F)(F)C(F)(F)C(F)(F)C(F)(F)C(F)(F)C(F)(F)F. The van der Waals surface area contributed by atoms with Crippen LogP contribution in [0.25, 0.3) is 0 Å². The van der Waals surface area contributed by atoms with E-state index in [0.717, 1.165) is 0 Å². The van der Waals surface area contributed by atoms with Gasteiger partial charge in [0.05, 0.1) is 26.2 Å². The summed E-state index contributed by atoms with van der Waals surface area (Å²) in [7, 11) is -7.25. The second kappa shape index (κ2) is 10.5. The van der Waals surface area contributed by atoms with Crippen molar-refractivity contribution in [2.45, 2.75) is 69.0 Å². The molecule has 1 atom stereocenters. The smallest absolute Gasteiger partial charge is 0.460 e. The van der Waals surface area contributed by atoms with E-state index in [4.69, 9.17) is 0 Å². The van der Waals surface area contributed by atoms with Gasteiger partial charge in [-0.15, -0.1) is 0 Å². The molecule has 19 heteroatoms. The lowest BCUT2D eigenvalue weighted by Crippen LogP contribution is -2.71. The van der Waals surface area contributed by atoms with E-state index >= 15 is 0 Å². The highest BCUT2D eigenvalue weighted by atomic mass is 32.2. The summed E-state index contributed by atoms with van der Waals surface area (Å²) >= 11 is 0. The van der Waals surface area contributed by atoms with Crippen molar-refractivity contribution in [3.05, 3.63) is 0 Å². The van der Waals surface area contributed by atoms with Crippen LogP contribution in [-0.4, -0.2) is 84.9 Å². The third-order valence-corrected chi connectivity index (χ3v) is 5.98. The molecule has 208 valence electrons. The summed E-state index contributed by atoms with van der Waals surface area (Å²) in [5.41, 5.74) is -5.88. The summed E-state index contributed by atoms with van der Waals surface area (Å²) < 4.78 is 205. The Morgan fingerprint density at radius 2 is 0.882 bits per heavy atom. The average Bonchev–Trinajstić information content (AvgIpc) is 2.67.